The topological polar surface area (TPSA) is 53.7 Å². The number of hydrogen-bond donors (Lipinski definition) is 1. The van der Waals surface area contributed by atoms with Crippen LogP contribution in [0, 0.1) is 6.92 Å². The van der Waals surface area contributed by atoms with Crippen LogP contribution in [0.3, 0.4) is 0 Å². The second kappa shape index (κ2) is 6.60. The summed E-state index contributed by atoms with van der Waals surface area (Å²) in [7, 11) is 0. The molecule has 1 aromatic heterocycles. The van der Waals surface area contributed by atoms with E-state index in [2.05, 4.69) is 6.07 Å². The van der Waals surface area contributed by atoms with Gasteiger partial charge in [-0.2, -0.15) is 0 Å². The smallest absolute Gasteiger partial charge is 0.323 e. The summed E-state index contributed by atoms with van der Waals surface area (Å²) in [6.07, 6.45) is 1.87. The van der Waals surface area contributed by atoms with Gasteiger partial charge in [0.15, 0.2) is 0 Å². The molecule has 0 bridgehead atoms. The summed E-state index contributed by atoms with van der Waals surface area (Å²) < 4.78 is 5.87. The number of carboxylic acids is 1. The largest absolute Gasteiger partial charge is 0.480 e. The van der Waals surface area contributed by atoms with E-state index in [1.165, 1.54) is 17.3 Å². The normalized spacial score (nSPS) is 16.3. The van der Waals surface area contributed by atoms with Crippen molar-refractivity contribution in [2.24, 2.45) is 0 Å². The molecule has 1 aromatic carbocycles. The lowest BCUT2D eigenvalue weighted by Crippen LogP contribution is -2.29. The number of furan rings is 1. The lowest BCUT2D eigenvalue weighted by atomic mass is 10.1. The van der Waals surface area contributed by atoms with Crippen LogP contribution in [0.25, 0.3) is 17.4 Å². The monoisotopic (exact) mass is 345 g/mol. The maximum Gasteiger partial charge on any atom is 0.323 e. The molecule has 0 spiro atoms. The van der Waals surface area contributed by atoms with Crippen molar-refractivity contribution < 1.29 is 14.3 Å². The molecule has 2 aromatic rings. The number of aliphatic carboxylic acids is 1. The minimum atomic E-state index is -0.881. The van der Waals surface area contributed by atoms with E-state index in [4.69, 9.17) is 21.7 Å². The van der Waals surface area contributed by atoms with Gasteiger partial charge in [0.2, 0.25) is 0 Å². The summed E-state index contributed by atoms with van der Waals surface area (Å²) in [4.78, 5) is 13.9. The number of hydrogen-bond acceptors (Lipinski definition) is 4. The van der Waals surface area contributed by atoms with E-state index in [0.29, 0.717) is 16.6 Å². The van der Waals surface area contributed by atoms with E-state index in [1.54, 1.807) is 4.90 Å². The molecular weight excluding hydrogens is 330 g/mol. The number of thiocarbonyl (C=S) groups is 1. The highest BCUT2D eigenvalue weighted by Crippen LogP contribution is 2.32. The van der Waals surface area contributed by atoms with Crippen molar-refractivity contribution in [1.29, 1.82) is 0 Å². The Hall–Kier alpha value is -2.05. The van der Waals surface area contributed by atoms with Gasteiger partial charge in [-0.05, 0) is 31.2 Å². The predicted molar refractivity (Wildman–Crippen MR) is 96.3 cm³/mol. The fourth-order valence-corrected chi connectivity index (χ4v) is 3.73. The minimum Gasteiger partial charge on any atom is -0.480 e. The molecule has 3 rings (SSSR count). The maximum atomic E-state index is 10.8. The zero-order valence-corrected chi connectivity index (χ0v) is 14.1. The minimum absolute atomic E-state index is 0.0735. The van der Waals surface area contributed by atoms with Gasteiger partial charge in [-0.3, -0.25) is 4.79 Å². The maximum absolute atomic E-state index is 10.8. The molecule has 1 aliphatic heterocycles. The summed E-state index contributed by atoms with van der Waals surface area (Å²) in [6, 6.07) is 11.9. The summed E-state index contributed by atoms with van der Waals surface area (Å²) in [6.45, 7) is 1.97. The Morgan fingerprint density at radius 3 is 3.00 bits per heavy atom. The van der Waals surface area contributed by atoms with Crippen LogP contribution in [0.1, 0.15) is 11.3 Å². The third-order valence-electron chi connectivity index (χ3n) is 3.40. The first-order valence-electron chi connectivity index (χ1n) is 7.05. The summed E-state index contributed by atoms with van der Waals surface area (Å²) in [5.74, 6) is 1.19. The molecule has 0 saturated carbocycles. The van der Waals surface area contributed by atoms with Crippen molar-refractivity contribution in [3.05, 3.63) is 52.6 Å². The van der Waals surface area contributed by atoms with Crippen LogP contribution in [-0.4, -0.2) is 33.4 Å². The number of benzene rings is 1. The number of carboxylic acid groups (broad SMARTS) is 1. The molecule has 0 amide bonds. The van der Waals surface area contributed by atoms with Gasteiger partial charge in [0, 0.05) is 10.5 Å². The SMILES string of the molecule is Cc1cccc(-c2ccc(C=C3SCN(CC(=O)O)C3=S)o2)c1. The molecule has 6 heteroatoms. The average molecular weight is 345 g/mol. The molecule has 2 heterocycles. The fourth-order valence-electron chi connectivity index (χ4n) is 2.32. The van der Waals surface area contributed by atoms with Gasteiger partial charge < -0.3 is 14.4 Å². The number of thioether (sulfide) groups is 1. The van der Waals surface area contributed by atoms with Crippen LogP contribution in [0.2, 0.25) is 0 Å². The van der Waals surface area contributed by atoms with Crippen LogP contribution in [0.15, 0.2) is 45.7 Å². The molecule has 4 nitrogen and oxygen atoms in total. The lowest BCUT2D eigenvalue weighted by molar-refractivity contribution is -0.137. The van der Waals surface area contributed by atoms with E-state index in [1.807, 2.05) is 43.3 Å². The van der Waals surface area contributed by atoms with Crippen molar-refractivity contribution in [2.75, 3.05) is 12.4 Å². The van der Waals surface area contributed by atoms with E-state index in [9.17, 15) is 4.79 Å². The Morgan fingerprint density at radius 2 is 2.26 bits per heavy atom. The predicted octanol–water partition coefficient (Wildman–Crippen LogP) is 4.01. The Kier molecular flexibility index (Phi) is 4.54. The molecule has 0 aliphatic carbocycles. The van der Waals surface area contributed by atoms with Gasteiger partial charge in [-0.1, -0.05) is 36.0 Å². The zero-order chi connectivity index (χ0) is 16.4. The summed E-state index contributed by atoms with van der Waals surface area (Å²) in [5, 5.41) is 8.87. The summed E-state index contributed by atoms with van der Waals surface area (Å²) in [5.41, 5.74) is 2.21. The van der Waals surface area contributed by atoms with Gasteiger partial charge in [-0.25, -0.2) is 0 Å². The van der Waals surface area contributed by atoms with Crippen LogP contribution in [0.4, 0.5) is 0 Å². The van der Waals surface area contributed by atoms with E-state index in [-0.39, 0.29) is 6.54 Å². The van der Waals surface area contributed by atoms with E-state index < -0.39 is 5.97 Å². The first-order chi connectivity index (χ1) is 11.0. The molecule has 118 valence electrons. The molecule has 23 heavy (non-hydrogen) atoms. The van der Waals surface area contributed by atoms with Crippen LogP contribution in [0.5, 0.6) is 0 Å². The van der Waals surface area contributed by atoms with E-state index >= 15 is 0 Å². The van der Waals surface area contributed by atoms with Gasteiger partial charge in [0.05, 0.1) is 5.88 Å². The highest BCUT2D eigenvalue weighted by molar-refractivity contribution is 8.06. The Bertz CT molecular complexity index is 795. The molecule has 1 fully saturated rings. The Labute approximate surface area is 143 Å². The number of carbonyl (C=O) groups is 1. The van der Waals surface area contributed by atoms with Crippen molar-refractivity contribution in [3.8, 4) is 11.3 Å². The zero-order valence-electron chi connectivity index (χ0n) is 12.5. The molecule has 1 aliphatic rings. The van der Waals surface area contributed by atoms with Gasteiger partial charge in [-0.15, -0.1) is 11.8 Å². The van der Waals surface area contributed by atoms with Crippen molar-refractivity contribution in [3.63, 3.8) is 0 Å². The summed E-state index contributed by atoms with van der Waals surface area (Å²) >= 11 is 6.85. The quantitative estimate of drug-likeness (QED) is 0.667. The molecular formula is C17H15NO3S2. The second-order valence-electron chi connectivity index (χ2n) is 5.25. The Morgan fingerprint density at radius 1 is 1.43 bits per heavy atom. The molecule has 1 N–H and O–H groups in total. The van der Waals surface area contributed by atoms with Crippen molar-refractivity contribution in [2.45, 2.75) is 6.92 Å². The van der Waals surface area contributed by atoms with Crippen LogP contribution in [-0.2, 0) is 4.79 Å². The van der Waals surface area contributed by atoms with Gasteiger partial charge in [0.25, 0.3) is 0 Å². The fraction of sp³-hybridized carbons (Fsp3) is 0.176. The molecule has 0 unspecified atom stereocenters. The first kappa shape index (κ1) is 15.8. The van der Waals surface area contributed by atoms with Gasteiger partial charge in [0.1, 0.15) is 23.1 Å². The second-order valence-corrected chi connectivity index (χ2v) is 6.62. The lowest BCUT2D eigenvalue weighted by Gasteiger charge is -2.12. The number of rotatable bonds is 4. The van der Waals surface area contributed by atoms with Crippen LogP contribution < -0.4 is 0 Å². The first-order valence-corrected chi connectivity index (χ1v) is 8.45. The van der Waals surface area contributed by atoms with Crippen molar-refractivity contribution >= 4 is 41.0 Å². The standard InChI is InChI=1S/C17H15NO3S2/c1-11-3-2-4-12(7-11)14-6-5-13(21-14)8-15-17(22)18(10-23-15)9-16(19)20/h2-8H,9-10H2,1H3,(H,19,20). The number of nitrogens with zero attached hydrogens (tertiary/aromatic N) is 1. The third-order valence-corrected chi connectivity index (χ3v) is 5.07. The highest BCUT2D eigenvalue weighted by Gasteiger charge is 2.24. The average Bonchev–Trinajstić information content (AvgIpc) is 3.09. The van der Waals surface area contributed by atoms with Crippen LogP contribution >= 0.6 is 24.0 Å². The number of aryl methyl sites for hydroxylation is 1. The molecule has 0 radical (unpaired) electrons. The van der Waals surface area contributed by atoms with E-state index in [0.717, 1.165) is 16.2 Å². The molecule has 0 atom stereocenters. The van der Waals surface area contributed by atoms with Gasteiger partial charge >= 0.3 is 5.97 Å². The van der Waals surface area contributed by atoms with Crippen molar-refractivity contribution in [1.82, 2.24) is 4.90 Å². The Balaban J connectivity index is 1.79. The third kappa shape index (κ3) is 3.65. The highest BCUT2D eigenvalue weighted by atomic mass is 32.2. The molecule has 1 saturated heterocycles.